The molecule has 15 aliphatic rings. The third-order valence-corrected chi connectivity index (χ3v) is 35.4. The molecular formula is C81H135F2N5O10S2. The summed E-state index contributed by atoms with van der Waals surface area (Å²) in [6.07, 6.45) is 29.3. The standard InChI is InChI=1S/C29H50N2O4S.C27H45FN2O3S.C25H40FNO3/c1-5-35-20-29(33)13-11-22-21(18-29)6-7-24-23(22)10-12-28(2)25(24)8-9-26(28)27(32)19-30-14-16-31(17-15-30)36(3,4)34;1-26-10-8-21-20-9-11-27(32,18-28)16-19(20)4-5-22(21)23(26)6-7-24(26)25(31)17-29-12-14-30(15-13-29)34(2,3)33;1-24(29)7-5-17-16-6-8-25(2)20(18(16)13-22(26)19(17)14-24)3-4-21(25)23(28)15-27-9-11-30-12-10-27/h21-26,33H,3,5-20H2,1-2,4H3;19-24,32H,2,4-18H2,1,3H3;16-22,29H,3-15H2,1-2H3/t21-,22-,23+,24+,25-,26+,28-,29+,36?;19-,20+,21-,22-,23+,24-,26+,27-,34?;16-,17-,18-,19+,20+,21-,22-,24-,25+/m011/s1. The average Bonchev–Trinajstić information content (AvgIpc) is 1.42. The maximum absolute atomic E-state index is 15.4. The average molecular weight is 1440 g/mol. The number of nitrogens with zero attached hydrogens (tertiary/aromatic N) is 5. The molecule has 15 rings (SSSR count). The topological polar surface area (TPSA) is 181 Å². The molecule has 12 aliphatic carbocycles. The molecular weight excluding hydrogens is 1310 g/mol. The zero-order valence-corrected chi connectivity index (χ0v) is 64.6. The van der Waals surface area contributed by atoms with Crippen molar-refractivity contribution in [3.63, 3.8) is 0 Å². The Morgan fingerprint density at radius 1 is 0.470 bits per heavy atom. The Hall–Kier alpha value is -1.49. The summed E-state index contributed by atoms with van der Waals surface area (Å²) in [4.78, 5) is 47.3. The molecule has 27 atom stereocenters. The van der Waals surface area contributed by atoms with E-state index in [2.05, 4.69) is 47.2 Å². The fourth-order valence-corrected chi connectivity index (χ4v) is 29.2. The molecule has 0 bridgehead atoms. The third kappa shape index (κ3) is 15.5. The van der Waals surface area contributed by atoms with Crippen LogP contribution in [0.5, 0.6) is 0 Å². The Morgan fingerprint density at radius 2 is 0.850 bits per heavy atom. The molecule has 3 aliphatic heterocycles. The molecule has 3 heterocycles. The van der Waals surface area contributed by atoms with Crippen molar-refractivity contribution in [2.45, 2.75) is 225 Å². The molecule has 0 amide bonds. The van der Waals surface area contributed by atoms with Crippen LogP contribution in [0, 0.1) is 123 Å². The van der Waals surface area contributed by atoms with Crippen molar-refractivity contribution >= 4 is 48.5 Å². The summed E-state index contributed by atoms with van der Waals surface area (Å²) in [5, 5.41) is 32.2. The van der Waals surface area contributed by atoms with E-state index in [1.54, 1.807) is 12.5 Å². The molecule has 100 heavy (non-hydrogen) atoms. The van der Waals surface area contributed by atoms with Gasteiger partial charge in [-0.25, -0.2) is 17.4 Å². The number of piperazine rings is 2. The first-order valence-corrected chi connectivity index (χ1v) is 45.0. The number of halogens is 2. The van der Waals surface area contributed by atoms with Crippen molar-refractivity contribution in [1.29, 1.82) is 0 Å². The number of alkyl halides is 2. The smallest absolute Gasteiger partial charge is 0.150 e. The van der Waals surface area contributed by atoms with Gasteiger partial charge >= 0.3 is 0 Å². The Labute approximate surface area is 602 Å². The minimum absolute atomic E-state index is 0.0412. The van der Waals surface area contributed by atoms with Crippen LogP contribution in [0.25, 0.3) is 0 Å². The van der Waals surface area contributed by atoms with Crippen molar-refractivity contribution in [3.05, 3.63) is 0 Å². The van der Waals surface area contributed by atoms with Gasteiger partial charge in [0.15, 0.2) is 0 Å². The van der Waals surface area contributed by atoms with Crippen LogP contribution in [-0.4, -0.2) is 230 Å². The lowest BCUT2D eigenvalue weighted by molar-refractivity contribution is -0.140. The second kappa shape index (κ2) is 30.2. The van der Waals surface area contributed by atoms with E-state index in [1.807, 2.05) is 22.5 Å². The monoisotopic (exact) mass is 1440 g/mol. The van der Waals surface area contributed by atoms with Crippen molar-refractivity contribution in [3.8, 4) is 0 Å². The Balaban J connectivity index is 0.000000135. The van der Waals surface area contributed by atoms with Gasteiger partial charge in [0.2, 0.25) is 0 Å². The van der Waals surface area contributed by atoms with Crippen LogP contribution in [0.4, 0.5) is 8.78 Å². The third-order valence-electron chi connectivity index (χ3n) is 32.4. The lowest BCUT2D eigenvalue weighted by atomic mass is 9.48. The molecule has 15 fully saturated rings. The zero-order valence-electron chi connectivity index (χ0n) is 63.0. The van der Waals surface area contributed by atoms with E-state index in [0.717, 1.165) is 186 Å². The highest BCUT2D eigenvalue weighted by molar-refractivity contribution is 7.97. The first-order chi connectivity index (χ1) is 47.4. The van der Waals surface area contributed by atoms with Gasteiger partial charge in [-0.3, -0.25) is 37.5 Å². The number of rotatable bonds is 15. The van der Waals surface area contributed by atoms with Crippen molar-refractivity contribution < 1.29 is 56.4 Å². The van der Waals surface area contributed by atoms with Crippen LogP contribution in [0.2, 0.25) is 0 Å². The van der Waals surface area contributed by atoms with Gasteiger partial charge in [0, 0.05) is 122 Å². The summed E-state index contributed by atoms with van der Waals surface area (Å²) in [6.45, 7) is 22.6. The summed E-state index contributed by atoms with van der Waals surface area (Å²) >= 11 is 0. The molecule has 0 spiro atoms. The molecule has 12 saturated carbocycles. The lowest BCUT2D eigenvalue weighted by Crippen LogP contribution is -2.54. The number of fused-ring (bicyclic) bond motifs is 15. The first kappa shape index (κ1) is 76.7. The van der Waals surface area contributed by atoms with E-state index >= 15 is 4.39 Å². The summed E-state index contributed by atoms with van der Waals surface area (Å²) in [5.41, 5.74) is -2.06. The van der Waals surface area contributed by atoms with Crippen molar-refractivity contribution in [2.75, 3.05) is 131 Å². The number of ketones is 3. The van der Waals surface area contributed by atoms with E-state index in [0.29, 0.717) is 141 Å². The van der Waals surface area contributed by atoms with E-state index in [-0.39, 0.29) is 39.9 Å². The highest BCUT2D eigenvalue weighted by atomic mass is 32.2. The van der Waals surface area contributed by atoms with Crippen LogP contribution < -0.4 is 0 Å². The molecule has 15 nitrogen and oxygen atoms in total. The molecule has 3 N–H and O–H groups in total. The summed E-state index contributed by atoms with van der Waals surface area (Å²) < 4.78 is 68.3. The van der Waals surface area contributed by atoms with E-state index in [1.165, 1.54) is 51.4 Å². The first-order valence-electron chi connectivity index (χ1n) is 40.8. The zero-order chi connectivity index (χ0) is 71.1. The second-order valence-electron chi connectivity index (χ2n) is 38.0. The quantitative estimate of drug-likeness (QED) is 0.132. The number of morpholine rings is 1. The molecule has 0 radical (unpaired) electrons. The minimum atomic E-state index is -2.16. The Kier molecular flexibility index (Phi) is 23.1. The van der Waals surface area contributed by atoms with E-state index in [4.69, 9.17) is 9.47 Å². The largest absolute Gasteiger partial charge is 0.390 e. The van der Waals surface area contributed by atoms with E-state index in [9.17, 15) is 42.5 Å². The van der Waals surface area contributed by atoms with Gasteiger partial charge in [-0.05, 0) is 298 Å². The maximum Gasteiger partial charge on any atom is 0.150 e. The highest BCUT2D eigenvalue weighted by Gasteiger charge is 2.64. The van der Waals surface area contributed by atoms with Gasteiger partial charge in [-0.2, -0.15) is 0 Å². The molecule has 19 heteroatoms. The predicted molar refractivity (Wildman–Crippen MR) is 396 cm³/mol. The SMILES string of the molecule is C=S(C)(=O)N1CCN(CC(=O)[C@H]2CC[C@H]3[C@@H]4CC[C@@H]5C[C@@](O)(CF)CC[C@@H]5[C@H]4CC[C@]23C)CC1.C=S(C)(=O)N1CCN(CC(=O)[C@H]2CC[C@H]3[C@@H]4CC[C@H]5C[C@@](O)(COCC)CC[C@@H]5[C@H]4CC[C@]23C)CC1.C[C@@]1(O)CC[C@@H]2[C@H]3CC[C@]4(C)[C@@H](C(=O)CN5CCOCC5)CC[C@H]4[C@@H]3C[C@@H](F)[C@H]2C1. The highest BCUT2D eigenvalue weighted by Crippen LogP contribution is 2.68. The number of aliphatic hydroxyl groups is 3. The van der Waals surface area contributed by atoms with Gasteiger partial charge in [-0.15, -0.1) is 0 Å². The Bertz CT molecular complexity index is 3110. The molecule has 0 aromatic carbocycles. The van der Waals surface area contributed by atoms with Crippen molar-refractivity contribution in [1.82, 2.24) is 23.3 Å². The summed E-state index contributed by atoms with van der Waals surface area (Å²) in [7, 11) is -4.31. The molecule has 570 valence electrons. The van der Waals surface area contributed by atoms with Crippen LogP contribution in [0.15, 0.2) is 0 Å². The summed E-state index contributed by atoms with van der Waals surface area (Å²) in [6, 6.07) is 0. The number of ether oxygens (including phenoxy) is 2. The number of hydrogen-bond donors (Lipinski definition) is 3. The van der Waals surface area contributed by atoms with Gasteiger partial charge < -0.3 is 24.8 Å². The number of hydrogen-bond acceptors (Lipinski definition) is 13. The fourth-order valence-electron chi connectivity index (χ4n) is 27.4. The number of carbonyl (C=O) groups is 3. The van der Waals surface area contributed by atoms with Crippen molar-refractivity contribution in [2.24, 2.45) is 123 Å². The van der Waals surface area contributed by atoms with Gasteiger partial charge in [-0.1, -0.05) is 20.8 Å². The molecule has 2 unspecified atom stereocenters. The molecule has 0 aromatic rings. The summed E-state index contributed by atoms with van der Waals surface area (Å²) in [5.74, 6) is 18.2. The number of carbonyl (C=O) groups excluding carboxylic acids is 3. The van der Waals surface area contributed by atoms with E-state index < -0.39 is 49.1 Å². The lowest BCUT2D eigenvalue weighted by Gasteiger charge is -2.57. The maximum atomic E-state index is 15.4. The second-order valence-corrected chi connectivity index (χ2v) is 42.8. The normalized spacial score (nSPS) is 47.9. The molecule has 0 aromatic heterocycles. The predicted octanol–water partition coefficient (Wildman–Crippen LogP) is 10.7. The fraction of sp³-hybridized carbons (Fsp3) is 0.938. The van der Waals surface area contributed by atoms with Gasteiger partial charge in [0.25, 0.3) is 0 Å². The Morgan fingerprint density at radius 3 is 1.28 bits per heavy atom. The number of Topliss-reactive ketones (excluding diaryl/α,β-unsaturated/α-hetero) is 3. The van der Waals surface area contributed by atoms with Crippen LogP contribution >= 0.6 is 0 Å². The van der Waals surface area contributed by atoms with Gasteiger partial charge in [0.05, 0.1) is 56.3 Å². The van der Waals surface area contributed by atoms with Crippen LogP contribution in [0.3, 0.4) is 0 Å². The molecule has 3 saturated heterocycles. The van der Waals surface area contributed by atoms with Crippen LogP contribution in [0.1, 0.15) is 202 Å². The van der Waals surface area contributed by atoms with Gasteiger partial charge in [0.1, 0.15) is 30.2 Å². The minimum Gasteiger partial charge on any atom is -0.390 e. The van der Waals surface area contributed by atoms with Crippen LogP contribution in [-0.2, 0) is 43.3 Å².